The average molecular weight is 507 g/mol. The summed E-state index contributed by atoms with van der Waals surface area (Å²) in [7, 11) is 0.159. The summed E-state index contributed by atoms with van der Waals surface area (Å²) in [6.45, 7) is 1.47. The van der Waals surface area contributed by atoms with Crippen molar-refractivity contribution in [3.63, 3.8) is 0 Å². The number of hydrogen-bond acceptors (Lipinski definition) is 5. The monoisotopic (exact) mass is 506 g/mol. The van der Waals surface area contributed by atoms with Crippen molar-refractivity contribution < 1.29 is 17.3 Å². The molecule has 5 rings (SSSR count). The van der Waals surface area contributed by atoms with Crippen molar-refractivity contribution in [1.82, 2.24) is 14.6 Å². The first-order chi connectivity index (χ1) is 17.3. The highest BCUT2D eigenvalue weighted by Gasteiger charge is 2.19. The standard InChI is InChI=1S/C27H27FN4O3S/c1-31(14-5-8-24-22-12-11-20(28)17-26(22)35-29-24)18-19-6-3-7-21(16-19)30-36(33,34)27-10-4-9-25-23(27)13-15-32(25)2/h3-4,6-7,9-13,15-17,30H,5,8,14,18H2,1-2H3. The highest BCUT2D eigenvalue weighted by molar-refractivity contribution is 7.93. The minimum Gasteiger partial charge on any atom is -0.356 e. The van der Waals surface area contributed by atoms with Gasteiger partial charge in [-0.1, -0.05) is 23.4 Å². The Labute approximate surface area is 209 Å². The molecule has 0 bridgehead atoms. The Kier molecular flexibility index (Phi) is 6.51. The molecule has 0 aliphatic heterocycles. The van der Waals surface area contributed by atoms with E-state index < -0.39 is 10.0 Å². The molecule has 2 aromatic heterocycles. The van der Waals surface area contributed by atoms with Crippen LogP contribution in [0, 0.1) is 5.82 Å². The van der Waals surface area contributed by atoms with Gasteiger partial charge in [-0.05, 0) is 74.5 Å². The second-order valence-corrected chi connectivity index (χ2v) is 10.7. The Hall–Kier alpha value is -3.69. The Morgan fingerprint density at radius 2 is 1.89 bits per heavy atom. The van der Waals surface area contributed by atoms with Gasteiger partial charge in [-0.25, -0.2) is 12.8 Å². The van der Waals surface area contributed by atoms with Crippen molar-refractivity contribution in [2.45, 2.75) is 24.3 Å². The molecule has 0 radical (unpaired) electrons. The zero-order chi connectivity index (χ0) is 25.3. The summed E-state index contributed by atoms with van der Waals surface area (Å²) in [6.07, 6.45) is 3.42. The first-order valence-corrected chi connectivity index (χ1v) is 13.2. The molecule has 0 aliphatic carbocycles. The summed E-state index contributed by atoms with van der Waals surface area (Å²) in [5.41, 5.74) is 3.66. The molecule has 0 amide bonds. The van der Waals surface area contributed by atoms with Crippen LogP contribution in [0.15, 0.2) is 82.3 Å². The molecule has 0 fully saturated rings. The lowest BCUT2D eigenvalue weighted by molar-refractivity contribution is 0.320. The summed E-state index contributed by atoms with van der Waals surface area (Å²) < 4.78 is 49.5. The Morgan fingerprint density at radius 1 is 1.06 bits per heavy atom. The van der Waals surface area contributed by atoms with Crippen LogP contribution in [0.2, 0.25) is 0 Å². The summed E-state index contributed by atoms with van der Waals surface area (Å²) in [4.78, 5) is 2.42. The van der Waals surface area contributed by atoms with E-state index in [9.17, 15) is 12.8 Å². The molecule has 36 heavy (non-hydrogen) atoms. The van der Waals surface area contributed by atoms with Crippen LogP contribution in [0.5, 0.6) is 0 Å². The van der Waals surface area contributed by atoms with Crippen LogP contribution in [0.4, 0.5) is 10.1 Å². The first kappa shape index (κ1) is 24.0. The van der Waals surface area contributed by atoms with Gasteiger partial charge in [0.2, 0.25) is 0 Å². The van der Waals surface area contributed by atoms with E-state index in [2.05, 4.69) is 14.8 Å². The molecule has 1 N–H and O–H groups in total. The van der Waals surface area contributed by atoms with Crippen molar-refractivity contribution in [3.8, 4) is 0 Å². The number of sulfonamides is 1. The predicted octanol–water partition coefficient (Wildman–Crippen LogP) is 5.32. The van der Waals surface area contributed by atoms with E-state index in [1.54, 1.807) is 24.3 Å². The third-order valence-electron chi connectivity index (χ3n) is 6.27. The zero-order valence-corrected chi connectivity index (χ0v) is 20.9. The summed E-state index contributed by atoms with van der Waals surface area (Å²) >= 11 is 0. The molecule has 0 saturated carbocycles. The number of hydrogen-bond donors (Lipinski definition) is 1. The van der Waals surface area contributed by atoms with E-state index in [0.717, 1.165) is 35.1 Å². The highest BCUT2D eigenvalue weighted by atomic mass is 32.2. The third-order valence-corrected chi connectivity index (χ3v) is 7.71. The number of aromatic nitrogens is 2. The lowest BCUT2D eigenvalue weighted by Crippen LogP contribution is -2.20. The van der Waals surface area contributed by atoms with E-state index in [0.29, 0.717) is 29.6 Å². The SMILES string of the molecule is CN(CCCc1noc2cc(F)ccc12)Cc1cccc(NS(=O)(=O)c2cccc3c2ccn3C)c1. The van der Waals surface area contributed by atoms with Crippen LogP contribution in [0.1, 0.15) is 17.7 Å². The van der Waals surface area contributed by atoms with Crippen LogP contribution in [-0.4, -0.2) is 36.6 Å². The van der Waals surface area contributed by atoms with Crippen LogP contribution >= 0.6 is 0 Å². The topological polar surface area (TPSA) is 80.4 Å². The van der Waals surface area contributed by atoms with Crippen molar-refractivity contribution >= 4 is 37.6 Å². The molecular formula is C27H27FN4O3S. The molecule has 0 aliphatic rings. The molecule has 5 aromatic rings. The molecule has 0 atom stereocenters. The van der Waals surface area contributed by atoms with E-state index >= 15 is 0 Å². The van der Waals surface area contributed by atoms with Crippen LogP contribution in [-0.2, 0) is 30.0 Å². The summed E-state index contributed by atoms with van der Waals surface area (Å²) in [6, 6.07) is 19.0. The summed E-state index contributed by atoms with van der Waals surface area (Å²) in [5, 5.41) is 5.61. The second-order valence-electron chi connectivity index (χ2n) is 9.03. The van der Waals surface area contributed by atoms with Gasteiger partial charge in [0.05, 0.1) is 10.6 Å². The van der Waals surface area contributed by atoms with Crippen LogP contribution < -0.4 is 4.72 Å². The van der Waals surface area contributed by atoms with E-state index in [4.69, 9.17) is 4.52 Å². The number of nitrogens with one attached hydrogen (secondary N) is 1. The molecule has 0 saturated heterocycles. The second kappa shape index (κ2) is 9.75. The molecule has 186 valence electrons. The molecule has 3 aromatic carbocycles. The van der Waals surface area contributed by atoms with Crippen molar-refractivity contribution in [3.05, 3.63) is 90.0 Å². The Balaban J connectivity index is 1.21. The van der Waals surface area contributed by atoms with Crippen molar-refractivity contribution in [1.29, 1.82) is 0 Å². The highest BCUT2D eigenvalue weighted by Crippen LogP contribution is 2.26. The quantitative estimate of drug-likeness (QED) is 0.293. The maximum absolute atomic E-state index is 13.3. The molecule has 2 heterocycles. The molecule has 0 spiro atoms. The number of anilines is 1. The Morgan fingerprint density at radius 3 is 2.75 bits per heavy atom. The largest absolute Gasteiger partial charge is 0.356 e. The lowest BCUT2D eigenvalue weighted by Gasteiger charge is -2.17. The Bertz CT molecular complexity index is 1640. The van der Waals surface area contributed by atoms with E-state index in [-0.39, 0.29) is 10.7 Å². The van der Waals surface area contributed by atoms with Crippen LogP contribution in [0.25, 0.3) is 21.9 Å². The van der Waals surface area contributed by atoms with Gasteiger partial charge >= 0.3 is 0 Å². The molecule has 7 nitrogen and oxygen atoms in total. The van der Waals surface area contributed by atoms with Crippen molar-refractivity contribution in [2.75, 3.05) is 18.3 Å². The number of nitrogens with zero attached hydrogens (tertiary/aromatic N) is 3. The average Bonchev–Trinajstić information content (AvgIpc) is 3.42. The van der Waals surface area contributed by atoms with Gasteiger partial charge in [0, 0.05) is 47.8 Å². The summed E-state index contributed by atoms with van der Waals surface area (Å²) in [5.74, 6) is -0.341. The minimum atomic E-state index is -3.75. The number of fused-ring (bicyclic) bond motifs is 2. The maximum Gasteiger partial charge on any atom is 0.262 e. The van der Waals surface area contributed by atoms with Gasteiger partial charge in [0.25, 0.3) is 10.0 Å². The third kappa shape index (κ3) is 4.98. The van der Waals surface area contributed by atoms with E-state index in [1.807, 2.05) is 55.2 Å². The minimum absolute atomic E-state index is 0.256. The molecular weight excluding hydrogens is 479 g/mol. The normalized spacial score (nSPS) is 12.1. The predicted molar refractivity (Wildman–Crippen MR) is 139 cm³/mol. The fourth-order valence-corrected chi connectivity index (χ4v) is 5.77. The molecule has 9 heteroatoms. The van der Waals surface area contributed by atoms with Crippen LogP contribution in [0.3, 0.4) is 0 Å². The van der Waals surface area contributed by atoms with Gasteiger partial charge < -0.3 is 14.0 Å². The fourth-order valence-electron chi connectivity index (χ4n) is 4.50. The number of halogens is 1. The lowest BCUT2D eigenvalue weighted by atomic mass is 10.1. The van der Waals surface area contributed by atoms with Gasteiger partial charge in [-0.2, -0.15) is 0 Å². The first-order valence-electron chi connectivity index (χ1n) is 11.7. The fraction of sp³-hybridized carbons (Fsp3) is 0.222. The van der Waals surface area contributed by atoms with E-state index in [1.165, 1.54) is 12.1 Å². The number of aryl methyl sites for hydroxylation is 2. The van der Waals surface area contributed by atoms with Gasteiger partial charge in [-0.3, -0.25) is 4.72 Å². The smallest absolute Gasteiger partial charge is 0.262 e. The van der Waals surface area contributed by atoms with Gasteiger partial charge in [0.1, 0.15) is 5.82 Å². The van der Waals surface area contributed by atoms with Gasteiger partial charge in [-0.15, -0.1) is 0 Å². The number of rotatable bonds is 9. The number of benzene rings is 3. The molecule has 0 unspecified atom stereocenters. The van der Waals surface area contributed by atoms with Gasteiger partial charge in [0.15, 0.2) is 5.58 Å². The maximum atomic E-state index is 13.3. The zero-order valence-electron chi connectivity index (χ0n) is 20.1. The van der Waals surface area contributed by atoms with Crippen molar-refractivity contribution in [2.24, 2.45) is 7.05 Å².